The zero-order chi connectivity index (χ0) is 27.8. The summed E-state index contributed by atoms with van der Waals surface area (Å²) in [6.45, 7) is 1.58. The molecule has 40 heavy (non-hydrogen) atoms. The molecular formula is C36H41IO3. The summed E-state index contributed by atoms with van der Waals surface area (Å²) in [5, 5.41) is 10.2. The first-order chi connectivity index (χ1) is 19.7. The van der Waals surface area contributed by atoms with E-state index in [1.54, 1.807) is 0 Å². The molecule has 3 nitrogen and oxygen atoms in total. The molecule has 0 amide bonds. The number of halogens is 1. The maximum atomic E-state index is 10.2. The fraction of sp³-hybridized carbons (Fsp3) is 0.333. The SMILES string of the molecule is OCC(c1ccc(OCCCCc2ccccc2)cc1)C(I)Cc1ccc(OCCCCc2ccccc2)cc1. The van der Waals surface area contributed by atoms with Crippen molar-refractivity contribution >= 4 is 22.6 Å². The van der Waals surface area contributed by atoms with E-state index in [0.29, 0.717) is 0 Å². The van der Waals surface area contributed by atoms with Crippen LogP contribution in [0.3, 0.4) is 0 Å². The average Bonchev–Trinajstić information content (AvgIpc) is 3.00. The molecule has 0 aliphatic rings. The number of aryl methyl sites for hydroxylation is 2. The van der Waals surface area contributed by atoms with Gasteiger partial charge in [-0.2, -0.15) is 0 Å². The molecule has 210 valence electrons. The van der Waals surface area contributed by atoms with E-state index in [9.17, 15) is 5.11 Å². The van der Waals surface area contributed by atoms with Gasteiger partial charge in [-0.15, -0.1) is 0 Å². The van der Waals surface area contributed by atoms with Gasteiger partial charge < -0.3 is 14.6 Å². The third kappa shape index (κ3) is 10.3. The van der Waals surface area contributed by atoms with Crippen molar-refractivity contribution in [3.05, 3.63) is 131 Å². The number of rotatable bonds is 17. The molecule has 4 aromatic carbocycles. The highest BCUT2D eigenvalue weighted by molar-refractivity contribution is 14.1. The summed E-state index contributed by atoms with van der Waals surface area (Å²) in [7, 11) is 0. The number of alkyl halides is 1. The number of aliphatic hydroxyl groups is 1. The average molecular weight is 649 g/mol. The van der Waals surface area contributed by atoms with Gasteiger partial charge in [-0.3, -0.25) is 0 Å². The maximum Gasteiger partial charge on any atom is 0.119 e. The van der Waals surface area contributed by atoms with E-state index in [0.717, 1.165) is 75.2 Å². The Morgan fingerprint density at radius 3 is 1.50 bits per heavy atom. The van der Waals surface area contributed by atoms with E-state index in [1.807, 2.05) is 12.1 Å². The second-order valence-corrected chi connectivity index (χ2v) is 11.9. The minimum absolute atomic E-state index is 0.0704. The molecule has 2 unspecified atom stereocenters. The lowest BCUT2D eigenvalue weighted by atomic mass is 9.93. The van der Waals surface area contributed by atoms with Gasteiger partial charge in [-0.25, -0.2) is 0 Å². The van der Waals surface area contributed by atoms with Crippen molar-refractivity contribution in [2.45, 2.75) is 54.8 Å². The number of aliphatic hydroxyl groups excluding tert-OH is 1. The van der Waals surface area contributed by atoms with Crippen LogP contribution < -0.4 is 9.47 Å². The molecule has 4 heteroatoms. The fourth-order valence-corrected chi connectivity index (χ4v) is 6.01. The standard InChI is InChI=1S/C36H41IO3/c37-36(27-31-17-21-33(22-18-31)39-25-9-7-15-29-11-3-1-4-12-29)35(28-38)32-19-23-34(24-20-32)40-26-10-8-16-30-13-5-2-6-14-30/h1-6,11-14,17-24,35-36,38H,7-10,15-16,25-28H2. The van der Waals surface area contributed by atoms with Gasteiger partial charge in [-0.1, -0.05) is 108 Å². The van der Waals surface area contributed by atoms with E-state index in [2.05, 4.69) is 120 Å². The number of ether oxygens (including phenoxy) is 2. The van der Waals surface area contributed by atoms with Crippen LogP contribution in [0.25, 0.3) is 0 Å². The lowest BCUT2D eigenvalue weighted by Gasteiger charge is -2.22. The maximum absolute atomic E-state index is 10.2. The summed E-state index contributed by atoms with van der Waals surface area (Å²) < 4.78 is 12.2. The normalized spacial score (nSPS) is 12.6. The molecule has 0 radical (unpaired) electrons. The van der Waals surface area contributed by atoms with Gasteiger partial charge in [0.05, 0.1) is 19.8 Å². The summed E-state index contributed by atoms with van der Waals surface area (Å²) in [6.07, 6.45) is 7.39. The molecule has 2 atom stereocenters. The zero-order valence-electron chi connectivity index (χ0n) is 23.3. The summed E-state index contributed by atoms with van der Waals surface area (Å²) in [5.41, 5.74) is 5.17. The third-order valence-corrected chi connectivity index (χ3v) is 8.55. The first kappa shape index (κ1) is 30.1. The predicted molar refractivity (Wildman–Crippen MR) is 174 cm³/mol. The van der Waals surface area contributed by atoms with Gasteiger partial charge >= 0.3 is 0 Å². The Morgan fingerprint density at radius 1 is 0.550 bits per heavy atom. The highest BCUT2D eigenvalue weighted by Gasteiger charge is 2.20. The van der Waals surface area contributed by atoms with Gasteiger partial charge in [0.1, 0.15) is 11.5 Å². The molecule has 0 aliphatic carbocycles. The van der Waals surface area contributed by atoms with Gasteiger partial charge in [0.15, 0.2) is 0 Å². The minimum Gasteiger partial charge on any atom is -0.494 e. The number of hydrogen-bond donors (Lipinski definition) is 1. The molecule has 0 fully saturated rings. The Bertz CT molecular complexity index is 1210. The highest BCUT2D eigenvalue weighted by Crippen LogP contribution is 2.30. The molecule has 0 heterocycles. The summed E-state index contributed by atoms with van der Waals surface area (Å²) >= 11 is 2.48. The van der Waals surface area contributed by atoms with Crippen molar-refractivity contribution in [3.8, 4) is 11.5 Å². The number of benzene rings is 4. The topological polar surface area (TPSA) is 38.7 Å². The van der Waals surface area contributed by atoms with Crippen LogP contribution in [-0.2, 0) is 19.3 Å². The molecule has 0 bridgehead atoms. The van der Waals surface area contributed by atoms with Crippen molar-refractivity contribution < 1.29 is 14.6 Å². The quantitative estimate of drug-likeness (QED) is 0.0708. The van der Waals surface area contributed by atoms with Crippen LogP contribution in [-0.4, -0.2) is 28.9 Å². The summed E-state index contributed by atoms with van der Waals surface area (Å²) in [6, 6.07) is 37.9. The largest absolute Gasteiger partial charge is 0.494 e. The van der Waals surface area contributed by atoms with Crippen molar-refractivity contribution in [1.82, 2.24) is 0 Å². The van der Waals surface area contributed by atoms with Crippen molar-refractivity contribution in [2.24, 2.45) is 0 Å². The molecule has 1 N–H and O–H groups in total. The van der Waals surface area contributed by atoms with E-state index < -0.39 is 0 Å². The molecule has 4 aromatic rings. The predicted octanol–water partition coefficient (Wildman–Crippen LogP) is 8.61. The second-order valence-electron chi connectivity index (χ2n) is 10.3. The number of hydrogen-bond acceptors (Lipinski definition) is 3. The van der Waals surface area contributed by atoms with Crippen LogP contribution in [0.1, 0.15) is 53.9 Å². The van der Waals surface area contributed by atoms with Crippen LogP contribution in [0.4, 0.5) is 0 Å². The minimum atomic E-state index is 0.0704. The molecule has 4 rings (SSSR count). The lowest BCUT2D eigenvalue weighted by Crippen LogP contribution is -2.18. The third-order valence-electron chi connectivity index (χ3n) is 7.24. The molecule has 0 saturated heterocycles. The summed E-state index contributed by atoms with van der Waals surface area (Å²) in [4.78, 5) is 0. The molecule has 0 aromatic heterocycles. The van der Waals surface area contributed by atoms with Crippen LogP contribution in [0.2, 0.25) is 0 Å². The zero-order valence-corrected chi connectivity index (χ0v) is 25.4. The summed E-state index contributed by atoms with van der Waals surface area (Å²) in [5.74, 6) is 1.88. The Labute approximate surface area is 253 Å². The van der Waals surface area contributed by atoms with E-state index >= 15 is 0 Å². The van der Waals surface area contributed by atoms with Gasteiger partial charge in [0, 0.05) is 9.84 Å². The molecular weight excluding hydrogens is 607 g/mol. The van der Waals surface area contributed by atoms with Gasteiger partial charge in [0.25, 0.3) is 0 Å². The Morgan fingerprint density at radius 2 is 1.02 bits per heavy atom. The second kappa shape index (κ2) is 17.1. The van der Waals surface area contributed by atoms with E-state index in [1.165, 1.54) is 16.7 Å². The van der Waals surface area contributed by atoms with Crippen molar-refractivity contribution in [2.75, 3.05) is 19.8 Å². The van der Waals surface area contributed by atoms with Crippen LogP contribution in [0.15, 0.2) is 109 Å². The Kier molecular flexibility index (Phi) is 12.9. The molecule has 0 spiro atoms. The first-order valence-electron chi connectivity index (χ1n) is 14.5. The van der Waals surface area contributed by atoms with Crippen LogP contribution in [0, 0.1) is 0 Å². The van der Waals surface area contributed by atoms with Gasteiger partial charge in [-0.05, 0) is 91.5 Å². The van der Waals surface area contributed by atoms with E-state index in [4.69, 9.17) is 9.47 Å². The first-order valence-corrected chi connectivity index (χ1v) is 15.7. The molecule has 0 saturated carbocycles. The Balaban J connectivity index is 1.16. The Hall–Kier alpha value is -2.83. The molecule has 0 aliphatic heterocycles. The van der Waals surface area contributed by atoms with E-state index in [-0.39, 0.29) is 16.4 Å². The van der Waals surface area contributed by atoms with Crippen molar-refractivity contribution in [3.63, 3.8) is 0 Å². The highest BCUT2D eigenvalue weighted by atomic mass is 127. The smallest absolute Gasteiger partial charge is 0.119 e. The van der Waals surface area contributed by atoms with Crippen LogP contribution >= 0.6 is 22.6 Å². The van der Waals surface area contributed by atoms with Crippen LogP contribution in [0.5, 0.6) is 11.5 Å². The lowest BCUT2D eigenvalue weighted by molar-refractivity contribution is 0.264. The monoisotopic (exact) mass is 648 g/mol. The fourth-order valence-electron chi connectivity index (χ4n) is 4.86. The van der Waals surface area contributed by atoms with Gasteiger partial charge in [0.2, 0.25) is 0 Å². The van der Waals surface area contributed by atoms with Crippen molar-refractivity contribution in [1.29, 1.82) is 0 Å². The number of unbranched alkanes of at least 4 members (excludes halogenated alkanes) is 2.